The number of fused-ring (bicyclic) bond motifs is 1. The Hall–Kier alpha value is -3.43. The van der Waals surface area contributed by atoms with E-state index in [1.54, 1.807) is 12.1 Å². The molecule has 0 unspecified atom stereocenters. The topological polar surface area (TPSA) is 92.3 Å². The van der Waals surface area contributed by atoms with Crippen LogP contribution in [0.4, 0.5) is 24.7 Å². The molecule has 0 radical (unpaired) electrons. The van der Waals surface area contributed by atoms with Gasteiger partial charge in [-0.2, -0.15) is 18.3 Å². The number of alkyl halides is 3. The third-order valence-electron chi connectivity index (χ3n) is 4.41. The number of carbonyl (C=O) groups is 1. The van der Waals surface area contributed by atoms with Crippen molar-refractivity contribution in [3.05, 3.63) is 60.2 Å². The van der Waals surface area contributed by atoms with Crippen molar-refractivity contribution in [2.24, 2.45) is 0 Å². The predicted molar refractivity (Wildman–Crippen MR) is 93.1 cm³/mol. The van der Waals surface area contributed by atoms with Crippen LogP contribution in [0.1, 0.15) is 34.8 Å². The van der Waals surface area contributed by atoms with Gasteiger partial charge in [0.15, 0.2) is 11.7 Å². The van der Waals surface area contributed by atoms with Crippen molar-refractivity contribution in [1.29, 1.82) is 0 Å². The summed E-state index contributed by atoms with van der Waals surface area (Å²) in [5, 5.41) is 18.8. The summed E-state index contributed by atoms with van der Waals surface area (Å²) in [6.45, 7) is 0. The Labute approximate surface area is 156 Å². The molecule has 1 aliphatic heterocycles. The molecule has 1 aliphatic rings. The van der Waals surface area contributed by atoms with Gasteiger partial charge in [0, 0.05) is 24.2 Å². The Bertz CT molecular complexity index is 998. The maximum Gasteiger partial charge on any atom is 0.410 e. The number of hydrogen-bond donors (Lipinski definition) is 3. The first kappa shape index (κ1) is 18.0. The summed E-state index contributed by atoms with van der Waals surface area (Å²) < 4.78 is 46.8. The van der Waals surface area contributed by atoms with Crippen molar-refractivity contribution in [3.63, 3.8) is 0 Å². The van der Waals surface area contributed by atoms with Crippen LogP contribution in [0.15, 0.2) is 53.1 Å². The summed E-state index contributed by atoms with van der Waals surface area (Å²) in [6.07, 6.45) is -3.48. The molecule has 10 heteroatoms. The van der Waals surface area contributed by atoms with Crippen LogP contribution in [0.2, 0.25) is 0 Å². The van der Waals surface area contributed by atoms with Crippen LogP contribution in [0.3, 0.4) is 0 Å². The number of benzene rings is 1. The fraction of sp³-hybridized carbons (Fsp3) is 0.222. The minimum atomic E-state index is -4.55. The maximum absolute atomic E-state index is 13.6. The first-order valence-electron chi connectivity index (χ1n) is 8.38. The highest BCUT2D eigenvalue weighted by Crippen LogP contribution is 2.43. The van der Waals surface area contributed by atoms with E-state index < -0.39 is 24.2 Å². The van der Waals surface area contributed by atoms with Crippen molar-refractivity contribution in [3.8, 4) is 5.75 Å². The molecule has 2 atom stereocenters. The number of amides is 1. The van der Waals surface area contributed by atoms with Gasteiger partial charge >= 0.3 is 6.18 Å². The number of aromatic nitrogens is 2. The van der Waals surface area contributed by atoms with Gasteiger partial charge in [-0.1, -0.05) is 6.07 Å². The number of carbonyl (C=O) groups excluding carboxylic acids is 1. The highest BCUT2D eigenvalue weighted by molar-refractivity contribution is 6.03. The number of furan rings is 1. The highest BCUT2D eigenvalue weighted by Gasteiger charge is 2.47. The number of phenols is 1. The molecule has 3 aromatic rings. The lowest BCUT2D eigenvalue weighted by molar-refractivity contribution is -0.174. The quantitative estimate of drug-likeness (QED) is 0.624. The number of nitrogens with one attached hydrogen (secondary N) is 2. The molecule has 4 rings (SSSR count). The molecule has 0 spiro atoms. The van der Waals surface area contributed by atoms with Gasteiger partial charge in [-0.3, -0.25) is 4.79 Å². The normalized spacial score (nSPS) is 19.0. The summed E-state index contributed by atoms with van der Waals surface area (Å²) in [7, 11) is 0. The number of rotatable bonds is 3. The number of anilines is 2. The fourth-order valence-corrected chi connectivity index (χ4v) is 3.14. The SMILES string of the molecule is O=C(Nc1cccc(O)c1)c1cc2n(n1)[C@H](C(F)(F)F)C[C@H](c1ccco1)N2. The van der Waals surface area contributed by atoms with Crippen LogP contribution in [0, 0.1) is 0 Å². The first-order valence-corrected chi connectivity index (χ1v) is 8.38. The highest BCUT2D eigenvalue weighted by atomic mass is 19.4. The second kappa shape index (κ2) is 6.63. The number of aromatic hydroxyl groups is 1. The molecule has 2 aromatic heterocycles. The van der Waals surface area contributed by atoms with E-state index >= 15 is 0 Å². The van der Waals surface area contributed by atoms with E-state index in [4.69, 9.17) is 4.42 Å². The van der Waals surface area contributed by atoms with E-state index in [-0.39, 0.29) is 23.7 Å². The first-order chi connectivity index (χ1) is 13.3. The molecular weight excluding hydrogens is 377 g/mol. The second-order valence-electron chi connectivity index (χ2n) is 6.37. The molecule has 0 fully saturated rings. The molecule has 3 heterocycles. The monoisotopic (exact) mass is 392 g/mol. The average Bonchev–Trinajstić information content (AvgIpc) is 3.29. The van der Waals surface area contributed by atoms with Gasteiger partial charge in [-0.05, 0) is 24.3 Å². The van der Waals surface area contributed by atoms with Gasteiger partial charge in [0.05, 0.1) is 12.3 Å². The lowest BCUT2D eigenvalue weighted by Gasteiger charge is -2.32. The summed E-state index contributed by atoms with van der Waals surface area (Å²) >= 11 is 0. The van der Waals surface area contributed by atoms with E-state index in [0.717, 1.165) is 4.68 Å². The summed E-state index contributed by atoms with van der Waals surface area (Å²) in [5.41, 5.74) is 0.116. The minimum Gasteiger partial charge on any atom is -0.508 e. The van der Waals surface area contributed by atoms with E-state index in [1.165, 1.54) is 36.6 Å². The third-order valence-corrected chi connectivity index (χ3v) is 4.41. The molecule has 28 heavy (non-hydrogen) atoms. The number of halogens is 3. The van der Waals surface area contributed by atoms with Gasteiger partial charge in [0.1, 0.15) is 17.3 Å². The van der Waals surface area contributed by atoms with Gasteiger partial charge in [0.25, 0.3) is 5.91 Å². The molecule has 146 valence electrons. The Balaban J connectivity index is 1.64. The Morgan fingerprint density at radius 2 is 2.11 bits per heavy atom. The molecule has 1 amide bonds. The van der Waals surface area contributed by atoms with Crippen LogP contribution >= 0.6 is 0 Å². The van der Waals surface area contributed by atoms with E-state index in [1.807, 2.05) is 0 Å². The molecule has 1 aromatic carbocycles. The zero-order valence-corrected chi connectivity index (χ0v) is 14.3. The average molecular weight is 392 g/mol. The zero-order valence-electron chi connectivity index (χ0n) is 14.3. The molecule has 0 saturated heterocycles. The van der Waals surface area contributed by atoms with E-state index in [2.05, 4.69) is 15.7 Å². The summed E-state index contributed by atoms with van der Waals surface area (Å²) in [4.78, 5) is 12.4. The number of nitrogens with zero attached hydrogens (tertiary/aromatic N) is 2. The molecule has 0 saturated carbocycles. The van der Waals surface area contributed by atoms with Crippen LogP contribution in [-0.4, -0.2) is 27.0 Å². The molecule has 0 bridgehead atoms. The van der Waals surface area contributed by atoms with Crippen molar-refractivity contribution in [2.75, 3.05) is 10.6 Å². The number of phenolic OH excluding ortho intramolecular Hbond substituents is 1. The van der Waals surface area contributed by atoms with Gasteiger partial charge in [-0.15, -0.1) is 0 Å². The van der Waals surface area contributed by atoms with E-state index in [0.29, 0.717) is 11.4 Å². The van der Waals surface area contributed by atoms with Crippen molar-refractivity contribution in [1.82, 2.24) is 9.78 Å². The van der Waals surface area contributed by atoms with Crippen LogP contribution in [0.25, 0.3) is 0 Å². The lowest BCUT2D eigenvalue weighted by atomic mass is 10.0. The lowest BCUT2D eigenvalue weighted by Crippen LogP contribution is -2.35. The zero-order chi connectivity index (χ0) is 19.9. The largest absolute Gasteiger partial charge is 0.508 e. The maximum atomic E-state index is 13.6. The number of hydrogen-bond acceptors (Lipinski definition) is 5. The van der Waals surface area contributed by atoms with Gasteiger partial charge in [0.2, 0.25) is 0 Å². The summed E-state index contributed by atoms with van der Waals surface area (Å²) in [6, 6.07) is 7.65. The minimum absolute atomic E-state index is 0.0537. The van der Waals surface area contributed by atoms with Crippen LogP contribution in [-0.2, 0) is 0 Å². The molecule has 3 N–H and O–H groups in total. The predicted octanol–water partition coefficient (Wildman–Crippen LogP) is 4.09. The molecule has 0 aliphatic carbocycles. The Morgan fingerprint density at radius 3 is 2.79 bits per heavy atom. The summed E-state index contributed by atoms with van der Waals surface area (Å²) in [5.74, 6) is -0.310. The van der Waals surface area contributed by atoms with Crippen molar-refractivity contribution >= 4 is 17.4 Å². The third kappa shape index (κ3) is 3.40. The van der Waals surface area contributed by atoms with Crippen LogP contribution in [0.5, 0.6) is 5.75 Å². The Morgan fingerprint density at radius 1 is 1.29 bits per heavy atom. The standard InChI is InChI=1S/C18H15F3N4O3/c19-18(20,21)15-8-12(14-5-2-6-28-14)23-16-9-13(24-25(15)16)17(27)22-10-3-1-4-11(26)7-10/h1-7,9,12,15,23,26H,8H2,(H,22,27)/t12-,15+/m1/s1. The fourth-order valence-electron chi connectivity index (χ4n) is 3.14. The van der Waals surface area contributed by atoms with Gasteiger partial charge in [-0.25, -0.2) is 4.68 Å². The molecular formula is C18H15F3N4O3. The second-order valence-corrected chi connectivity index (χ2v) is 6.37. The Kier molecular flexibility index (Phi) is 4.25. The smallest absolute Gasteiger partial charge is 0.410 e. The van der Waals surface area contributed by atoms with Crippen molar-refractivity contribution in [2.45, 2.75) is 24.7 Å². The van der Waals surface area contributed by atoms with Crippen molar-refractivity contribution < 1.29 is 27.5 Å². The van der Waals surface area contributed by atoms with Crippen LogP contribution < -0.4 is 10.6 Å². The van der Waals surface area contributed by atoms with Gasteiger partial charge < -0.3 is 20.2 Å². The molecule has 7 nitrogen and oxygen atoms in total. The van der Waals surface area contributed by atoms with E-state index in [9.17, 15) is 23.1 Å².